The number of amides is 1. The Morgan fingerprint density at radius 1 is 1.20 bits per heavy atom. The van der Waals surface area contributed by atoms with Crippen LogP contribution in [0.15, 0.2) is 40.9 Å². The fourth-order valence-corrected chi connectivity index (χ4v) is 2.18. The largest absolute Gasteiger partial charge is 0.453 e. The van der Waals surface area contributed by atoms with Crippen molar-refractivity contribution in [2.45, 2.75) is 6.54 Å². The fraction of sp³-hybridized carbons (Fsp3) is 0.0714. The van der Waals surface area contributed by atoms with Crippen LogP contribution in [0.4, 0.5) is 4.39 Å². The van der Waals surface area contributed by atoms with Crippen LogP contribution >= 0.6 is 15.9 Å². The van der Waals surface area contributed by atoms with Crippen molar-refractivity contribution in [3.8, 4) is 11.5 Å². The summed E-state index contributed by atoms with van der Waals surface area (Å²) in [7, 11) is 0. The van der Waals surface area contributed by atoms with Crippen LogP contribution in [0.2, 0.25) is 0 Å². The Morgan fingerprint density at radius 3 is 2.55 bits per heavy atom. The van der Waals surface area contributed by atoms with Gasteiger partial charge in [0.2, 0.25) is 0 Å². The van der Waals surface area contributed by atoms with Crippen LogP contribution in [-0.2, 0) is 6.54 Å². The van der Waals surface area contributed by atoms with Gasteiger partial charge in [0.25, 0.3) is 5.91 Å². The van der Waals surface area contributed by atoms with Gasteiger partial charge in [0.1, 0.15) is 5.75 Å². The van der Waals surface area contributed by atoms with Crippen LogP contribution < -0.4 is 16.2 Å². The Balaban J connectivity index is 2.41. The van der Waals surface area contributed by atoms with E-state index in [0.717, 1.165) is 0 Å². The topological polar surface area (TPSA) is 78.3 Å². The van der Waals surface area contributed by atoms with Gasteiger partial charge in [-0.2, -0.15) is 0 Å². The zero-order valence-corrected chi connectivity index (χ0v) is 12.0. The minimum Gasteiger partial charge on any atom is -0.453 e. The molecule has 0 aromatic heterocycles. The summed E-state index contributed by atoms with van der Waals surface area (Å²) in [5.74, 6) is -1.03. The molecule has 0 unspecified atom stereocenters. The Morgan fingerprint density at radius 2 is 1.90 bits per heavy atom. The van der Waals surface area contributed by atoms with Crippen LogP contribution in [0, 0.1) is 5.82 Å². The summed E-state index contributed by atoms with van der Waals surface area (Å²) in [4.78, 5) is 11.3. The number of primary amides is 1. The molecule has 0 atom stereocenters. The predicted octanol–water partition coefficient (Wildman–Crippen LogP) is 2.94. The lowest BCUT2D eigenvalue weighted by Crippen LogP contribution is -2.12. The maximum absolute atomic E-state index is 14.1. The number of para-hydroxylation sites is 1. The predicted molar refractivity (Wildman–Crippen MR) is 77.0 cm³/mol. The first-order chi connectivity index (χ1) is 9.54. The van der Waals surface area contributed by atoms with Crippen LogP contribution in [0.5, 0.6) is 11.5 Å². The highest BCUT2D eigenvalue weighted by atomic mass is 79.9. The van der Waals surface area contributed by atoms with E-state index in [-0.39, 0.29) is 28.1 Å². The maximum atomic E-state index is 14.1. The number of ether oxygens (including phenoxy) is 1. The molecule has 0 aliphatic rings. The molecule has 0 saturated carbocycles. The highest BCUT2D eigenvalue weighted by Gasteiger charge is 2.15. The summed E-state index contributed by atoms with van der Waals surface area (Å²) in [5, 5.41) is 0. The minimum atomic E-state index is -0.640. The number of benzene rings is 2. The normalized spacial score (nSPS) is 10.3. The lowest BCUT2D eigenvalue weighted by Gasteiger charge is -2.12. The summed E-state index contributed by atoms with van der Waals surface area (Å²) in [6, 6.07) is 9.48. The molecule has 104 valence electrons. The van der Waals surface area contributed by atoms with E-state index in [1.807, 2.05) is 0 Å². The van der Waals surface area contributed by atoms with E-state index < -0.39 is 11.7 Å². The van der Waals surface area contributed by atoms with Gasteiger partial charge in [0.05, 0.1) is 10.0 Å². The highest BCUT2D eigenvalue weighted by molar-refractivity contribution is 9.10. The Kier molecular flexibility index (Phi) is 4.36. The molecule has 1 amide bonds. The molecule has 4 N–H and O–H groups in total. The molecule has 2 rings (SSSR count). The van der Waals surface area contributed by atoms with Crippen LogP contribution in [0.1, 0.15) is 15.9 Å². The smallest absolute Gasteiger partial charge is 0.252 e. The quantitative estimate of drug-likeness (QED) is 0.899. The summed E-state index contributed by atoms with van der Waals surface area (Å²) >= 11 is 3.13. The van der Waals surface area contributed by atoms with Gasteiger partial charge in [-0.1, -0.05) is 18.2 Å². The molecule has 2 aromatic carbocycles. The first-order valence-electron chi connectivity index (χ1n) is 5.78. The molecule has 6 heteroatoms. The molecular weight excluding hydrogens is 327 g/mol. The third-order valence-electron chi connectivity index (χ3n) is 2.72. The number of hydrogen-bond donors (Lipinski definition) is 2. The van der Waals surface area contributed by atoms with Crippen molar-refractivity contribution >= 4 is 21.8 Å². The molecule has 20 heavy (non-hydrogen) atoms. The molecule has 4 nitrogen and oxygen atoms in total. The monoisotopic (exact) mass is 338 g/mol. The number of rotatable bonds is 4. The zero-order valence-electron chi connectivity index (χ0n) is 10.4. The fourth-order valence-electron chi connectivity index (χ4n) is 1.69. The summed E-state index contributed by atoms with van der Waals surface area (Å²) in [5.41, 5.74) is 11.5. The molecule has 0 bridgehead atoms. The van der Waals surface area contributed by atoms with E-state index >= 15 is 0 Å². The van der Waals surface area contributed by atoms with Crippen molar-refractivity contribution < 1.29 is 13.9 Å². The average Bonchev–Trinajstić information content (AvgIpc) is 2.44. The second kappa shape index (κ2) is 6.02. The number of halogens is 2. The molecule has 0 spiro atoms. The van der Waals surface area contributed by atoms with Gasteiger partial charge >= 0.3 is 0 Å². The van der Waals surface area contributed by atoms with Crippen molar-refractivity contribution in [3.05, 3.63) is 57.8 Å². The lowest BCUT2D eigenvalue weighted by molar-refractivity contribution is 0.0998. The molecule has 0 saturated heterocycles. The molecular formula is C14H12BrFN2O2. The summed E-state index contributed by atoms with van der Waals surface area (Å²) in [6.07, 6.45) is 0. The van der Waals surface area contributed by atoms with Gasteiger partial charge in [-0.25, -0.2) is 4.39 Å². The number of hydrogen-bond acceptors (Lipinski definition) is 3. The first-order valence-corrected chi connectivity index (χ1v) is 6.57. The van der Waals surface area contributed by atoms with Crippen LogP contribution in [0.25, 0.3) is 0 Å². The molecule has 0 aliphatic heterocycles. The second-order valence-electron chi connectivity index (χ2n) is 4.02. The Bertz CT molecular complexity index is 662. The van der Waals surface area contributed by atoms with Crippen LogP contribution in [-0.4, -0.2) is 5.91 Å². The third-order valence-corrected chi connectivity index (χ3v) is 3.58. The van der Waals surface area contributed by atoms with Gasteiger partial charge in [-0.3, -0.25) is 4.79 Å². The van der Waals surface area contributed by atoms with E-state index in [1.165, 1.54) is 12.1 Å². The van der Waals surface area contributed by atoms with Crippen molar-refractivity contribution in [1.82, 2.24) is 0 Å². The summed E-state index contributed by atoms with van der Waals surface area (Å²) < 4.78 is 19.8. The molecule has 0 aliphatic carbocycles. The molecule has 2 aromatic rings. The van der Waals surface area contributed by atoms with E-state index in [0.29, 0.717) is 5.56 Å². The summed E-state index contributed by atoms with van der Waals surface area (Å²) in [6.45, 7) is 0.204. The van der Waals surface area contributed by atoms with E-state index in [2.05, 4.69) is 15.9 Å². The van der Waals surface area contributed by atoms with Gasteiger partial charge in [-0.05, 0) is 39.7 Å². The van der Waals surface area contributed by atoms with Gasteiger partial charge < -0.3 is 16.2 Å². The highest BCUT2D eigenvalue weighted by Crippen LogP contribution is 2.32. The SMILES string of the molecule is NCc1ccc(Oc2ccccc2C(N)=O)c(F)c1Br. The van der Waals surface area contributed by atoms with Crippen molar-refractivity contribution in [1.29, 1.82) is 0 Å². The molecule has 0 heterocycles. The van der Waals surface area contributed by atoms with E-state index in [9.17, 15) is 9.18 Å². The lowest BCUT2D eigenvalue weighted by atomic mass is 10.2. The third kappa shape index (κ3) is 2.81. The first kappa shape index (κ1) is 14.5. The van der Waals surface area contributed by atoms with Crippen molar-refractivity contribution in [2.24, 2.45) is 11.5 Å². The van der Waals surface area contributed by atoms with Gasteiger partial charge in [0.15, 0.2) is 11.6 Å². The minimum absolute atomic E-state index is 0.0113. The maximum Gasteiger partial charge on any atom is 0.252 e. The van der Waals surface area contributed by atoms with Gasteiger partial charge in [-0.15, -0.1) is 0 Å². The van der Waals surface area contributed by atoms with E-state index in [4.69, 9.17) is 16.2 Å². The Hall–Kier alpha value is -1.92. The number of carbonyl (C=O) groups excluding carboxylic acids is 1. The number of carbonyl (C=O) groups is 1. The van der Waals surface area contributed by atoms with Crippen molar-refractivity contribution in [3.63, 3.8) is 0 Å². The zero-order chi connectivity index (χ0) is 14.7. The van der Waals surface area contributed by atoms with Gasteiger partial charge in [0, 0.05) is 6.54 Å². The van der Waals surface area contributed by atoms with E-state index in [1.54, 1.807) is 24.3 Å². The Labute approximate surface area is 123 Å². The average molecular weight is 339 g/mol. The van der Waals surface area contributed by atoms with Crippen LogP contribution in [0.3, 0.4) is 0 Å². The second-order valence-corrected chi connectivity index (χ2v) is 4.81. The molecule has 0 radical (unpaired) electrons. The standard InChI is InChI=1S/C14H12BrFN2O2/c15-12-8(7-17)5-6-11(13(12)16)20-10-4-2-1-3-9(10)14(18)19/h1-6H,7,17H2,(H2,18,19). The van der Waals surface area contributed by atoms with Crippen molar-refractivity contribution in [2.75, 3.05) is 0 Å². The number of nitrogens with two attached hydrogens (primary N) is 2. The molecule has 0 fully saturated rings.